The molecule has 776 valence electrons. The first-order valence-corrected chi connectivity index (χ1v) is 49.3. The number of amides is 19. The average Bonchev–Trinajstić information content (AvgIpc) is 0.864. The fraction of sp³-hybridized carbons (Fsp3) is 0.723. The van der Waals surface area contributed by atoms with Crippen LogP contribution in [-0.4, -0.2) is 265 Å². The van der Waals surface area contributed by atoms with E-state index in [1.54, 1.807) is 147 Å². The number of hydrogen-bond donors (Lipinski definition) is 22. The second-order valence-electron chi connectivity index (χ2n) is 38.5. The number of carboxylic acids is 1. The number of benzene rings is 1. The number of thioether (sulfide) groups is 1. The van der Waals surface area contributed by atoms with Gasteiger partial charge in [0, 0.05) is 6.42 Å². The number of unbranched alkanes of at least 4 members (excludes halogenated alkanes) is 1. The van der Waals surface area contributed by atoms with Crippen LogP contribution in [0.4, 0.5) is 0 Å². The summed E-state index contributed by atoms with van der Waals surface area (Å²) in [5, 5.41) is 58.8. The van der Waals surface area contributed by atoms with E-state index in [0.29, 0.717) is 50.0 Å². The van der Waals surface area contributed by atoms with E-state index < -0.39 is 265 Å². The molecule has 0 saturated carbocycles. The Bertz CT molecular complexity index is 4100. The monoisotopic (exact) mass is 1950 g/mol. The number of rotatable bonds is 66. The van der Waals surface area contributed by atoms with Crippen LogP contribution in [0.5, 0.6) is 0 Å². The van der Waals surface area contributed by atoms with Gasteiger partial charge < -0.3 is 118 Å². The topological polar surface area (TPSA) is 642 Å². The maximum atomic E-state index is 14.5. The molecule has 1 rings (SSSR count). The van der Waals surface area contributed by atoms with Gasteiger partial charge in [0.2, 0.25) is 112 Å². The molecular weight excluding hydrogens is 1790 g/mol. The Hall–Kier alpha value is -11.1. The van der Waals surface area contributed by atoms with E-state index in [0.717, 1.165) is 0 Å². The van der Waals surface area contributed by atoms with Crippen LogP contribution in [0, 0.1) is 59.2 Å². The first-order valence-electron chi connectivity index (χ1n) is 47.9. The van der Waals surface area contributed by atoms with E-state index >= 15 is 0 Å². The maximum Gasteiger partial charge on any atom is 0.322 e. The van der Waals surface area contributed by atoms with Crippen LogP contribution in [0.15, 0.2) is 30.3 Å². The summed E-state index contributed by atoms with van der Waals surface area (Å²) in [6.07, 6.45) is 4.44. The SMILES string of the molecule is CC[C@H](C)[C@H](NC(=O)[C@H](Cc1ccccc1)NC(=O)[C@H](CC(C)C)NC(=O)[C@H](CC(C)C)NC(=O)[C@H](CC(C)C)NC(=O)CNC(=O)[C@H](C)NC(=O)[C@@H](NC(=O)CNC(=O)CNC(=O)[C@H](CC(C)C)NC(=O)[C@@H](NC(=O)[C@@H](NC(=O)[C@H](CC(C)C)NC(=O)[C@H](C)NC(=O)[C@H](CCSC)NC(=O)[C@H](CCCCN)NC(=O)CNC(=O)[C@@H](N)CC(C)C)[C@@H](C)CC)C(C)C)C(C)C)C(=O)NCC(=O)O. The second-order valence-corrected chi connectivity index (χ2v) is 39.5. The number of carbonyl (C=O) groups excluding carboxylic acids is 19. The van der Waals surface area contributed by atoms with Crippen LogP contribution in [0.3, 0.4) is 0 Å². The Labute approximate surface area is 812 Å². The Kier molecular flexibility index (Phi) is 58.7. The number of aliphatic carboxylic acids is 1. The van der Waals surface area contributed by atoms with Crippen molar-refractivity contribution in [3.8, 4) is 0 Å². The van der Waals surface area contributed by atoms with Crippen molar-refractivity contribution in [1.82, 2.24) is 101 Å². The highest BCUT2D eigenvalue weighted by Crippen LogP contribution is 2.19. The van der Waals surface area contributed by atoms with E-state index in [4.69, 9.17) is 11.5 Å². The van der Waals surface area contributed by atoms with Gasteiger partial charge in [0.25, 0.3) is 0 Å². The van der Waals surface area contributed by atoms with Crippen LogP contribution in [0.25, 0.3) is 0 Å². The normalized spacial score (nSPS) is 15.1. The Morgan fingerprint density at radius 3 is 1.09 bits per heavy atom. The van der Waals surface area contributed by atoms with Gasteiger partial charge in [-0.15, -0.1) is 0 Å². The Morgan fingerprint density at radius 1 is 0.307 bits per heavy atom. The van der Waals surface area contributed by atoms with Crippen molar-refractivity contribution in [1.29, 1.82) is 0 Å². The highest BCUT2D eigenvalue weighted by Gasteiger charge is 2.40. The zero-order chi connectivity index (χ0) is 104. The fourth-order valence-corrected chi connectivity index (χ4v) is 14.7. The van der Waals surface area contributed by atoms with Crippen molar-refractivity contribution in [2.75, 3.05) is 51.3 Å². The van der Waals surface area contributed by atoms with E-state index in [1.165, 1.54) is 25.6 Å². The van der Waals surface area contributed by atoms with Crippen molar-refractivity contribution < 1.29 is 101 Å². The molecule has 1 aromatic rings. The van der Waals surface area contributed by atoms with Crippen molar-refractivity contribution in [2.24, 2.45) is 70.6 Å². The number of hydrogen-bond acceptors (Lipinski definition) is 23. The highest BCUT2D eigenvalue weighted by molar-refractivity contribution is 7.98. The minimum atomic E-state index is -1.31. The summed E-state index contributed by atoms with van der Waals surface area (Å²) >= 11 is 1.39. The molecule has 0 aliphatic heterocycles. The van der Waals surface area contributed by atoms with Gasteiger partial charge in [0.05, 0.1) is 32.2 Å². The predicted octanol–water partition coefficient (Wildman–Crippen LogP) is -0.388. The number of nitrogens with one attached hydrogen (secondary N) is 19. The lowest BCUT2D eigenvalue weighted by atomic mass is 9.95. The molecule has 42 nitrogen and oxygen atoms in total. The molecule has 0 fully saturated rings. The molecule has 0 saturated heterocycles. The molecule has 43 heteroatoms. The largest absolute Gasteiger partial charge is 0.480 e. The van der Waals surface area contributed by atoms with Crippen molar-refractivity contribution in [2.45, 2.75) is 326 Å². The van der Waals surface area contributed by atoms with E-state index in [1.807, 2.05) is 27.7 Å². The first-order chi connectivity index (χ1) is 64.1. The highest BCUT2D eigenvalue weighted by atomic mass is 32.2. The van der Waals surface area contributed by atoms with Crippen LogP contribution < -0.4 is 112 Å². The molecule has 0 unspecified atom stereocenters. The van der Waals surface area contributed by atoms with Crippen LogP contribution in [0.1, 0.15) is 235 Å². The second kappa shape index (κ2) is 64.9. The summed E-state index contributed by atoms with van der Waals surface area (Å²) in [6, 6.07) is -9.73. The number of nitrogens with two attached hydrogens (primary N) is 2. The summed E-state index contributed by atoms with van der Waals surface area (Å²) in [5.74, 6) is -18.6. The van der Waals surface area contributed by atoms with Gasteiger partial charge >= 0.3 is 5.97 Å². The van der Waals surface area contributed by atoms with Crippen LogP contribution in [0.2, 0.25) is 0 Å². The van der Waals surface area contributed by atoms with Crippen LogP contribution >= 0.6 is 11.8 Å². The summed E-state index contributed by atoms with van der Waals surface area (Å²) in [5.41, 5.74) is 12.3. The molecule has 1 aromatic carbocycles. The Morgan fingerprint density at radius 2 is 0.628 bits per heavy atom. The predicted molar refractivity (Wildman–Crippen MR) is 520 cm³/mol. The lowest BCUT2D eigenvalue weighted by molar-refractivity contribution is -0.139. The number of carboxylic acid groups (broad SMARTS) is 1. The standard InChI is InChI=1S/C94H163N21O21S/c1-24-57(19)78(91(133)101-48-75(120)121)114-90(132)70(43-61-31-27-26-28-32-61)110-88(130)68(41-53(11)12)109-87(129)67(40-52(9)10)108-86(128)66(39-51(7)8)105-73(118)46-98-80(122)59(21)103-92(134)76(55(15)16)112-74(119)45-97-71(116)44-100-83(125)65(38-50(5)6)111-93(135)77(56(17)18)113-94(136)79(58(20)25-2)115-89(131)69(42-54(13)14)107-81(123)60(22)102-84(126)64(34-36-137-23)106-85(127)63(33-29-30-35-95)104-72(117)47-99-82(124)62(96)37-49(3)4/h26-28,31-32,49-60,62-70,76-79H,24-25,29-30,33-48,95-96H2,1-23H3,(H,97,116)(H,98,122)(H,99,124)(H,100,125)(H,101,133)(H,102,126)(H,103,134)(H,104,117)(H,105,118)(H,106,127)(H,107,123)(H,108,128)(H,109,129)(H,110,130)(H,111,135)(H,112,119)(H,113,136)(H,114,132)(H,115,131)(H,120,121)/t57-,58-,59-,60-,62-,63-,64-,65-,66-,67-,68-,69-,70-,76-,77-,78-,79-/m0/s1. The lowest BCUT2D eigenvalue weighted by Gasteiger charge is -2.31. The van der Waals surface area contributed by atoms with E-state index in [9.17, 15) is 101 Å². The van der Waals surface area contributed by atoms with Gasteiger partial charge in [-0.3, -0.25) is 95.9 Å². The maximum absolute atomic E-state index is 14.5. The third kappa shape index (κ3) is 49.7. The third-order valence-corrected chi connectivity index (χ3v) is 22.9. The van der Waals surface area contributed by atoms with Gasteiger partial charge in [-0.2, -0.15) is 11.8 Å². The van der Waals surface area contributed by atoms with Crippen LogP contribution in [-0.2, 0) is 102 Å². The Balaban J connectivity index is 3.19. The smallest absolute Gasteiger partial charge is 0.322 e. The van der Waals surface area contributed by atoms with Gasteiger partial charge in [0.15, 0.2) is 0 Å². The molecule has 0 heterocycles. The van der Waals surface area contributed by atoms with Crippen molar-refractivity contribution in [3.63, 3.8) is 0 Å². The van der Waals surface area contributed by atoms with Gasteiger partial charge in [-0.1, -0.05) is 182 Å². The fourth-order valence-electron chi connectivity index (χ4n) is 14.2. The zero-order valence-corrected chi connectivity index (χ0v) is 85.5. The molecule has 17 atom stereocenters. The molecule has 0 aliphatic carbocycles. The van der Waals surface area contributed by atoms with Gasteiger partial charge in [0.1, 0.15) is 91.1 Å². The molecule has 0 spiro atoms. The first kappa shape index (κ1) is 124. The van der Waals surface area contributed by atoms with E-state index in [-0.39, 0.29) is 86.9 Å². The molecule has 137 heavy (non-hydrogen) atoms. The van der Waals surface area contributed by atoms with Crippen molar-refractivity contribution >= 4 is 130 Å². The minimum absolute atomic E-state index is 0.0427. The molecule has 0 radical (unpaired) electrons. The van der Waals surface area contributed by atoms with Gasteiger partial charge in [-0.25, -0.2) is 0 Å². The minimum Gasteiger partial charge on any atom is -0.480 e. The van der Waals surface area contributed by atoms with Crippen molar-refractivity contribution in [3.05, 3.63) is 35.9 Å². The summed E-state index contributed by atoms with van der Waals surface area (Å²) < 4.78 is 0. The molecule has 0 bridgehead atoms. The average molecular weight is 1960 g/mol. The lowest BCUT2D eigenvalue weighted by Crippen LogP contribution is -2.61. The molecular formula is C94H163N21O21S. The third-order valence-electron chi connectivity index (χ3n) is 22.3. The summed E-state index contributed by atoms with van der Waals surface area (Å²) in [7, 11) is 0. The van der Waals surface area contributed by atoms with Gasteiger partial charge in [-0.05, 0) is 161 Å². The molecule has 0 aromatic heterocycles. The number of carbonyl (C=O) groups is 20. The van der Waals surface area contributed by atoms with E-state index in [2.05, 4.69) is 101 Å². The summed E-state index contributed by atoms with van der Waals surface area (Å²) in [6.45, 7) is 35.0. The molecule has 19 amide bonds. The molecule has 0 aliphatic rings. The molecule has 24 N–H and O–H groups in total. The quantitative estimate of drug-likeness (QED) is 0.0369. The summed E-state index contributed by atoms with van der Waals surface area (Å²) in [4.78, 5) is 274. The zero-order valence-electron chi connectivity index (χ0n) is 84.6.